The fourth-order valence-corrected chi connectivity index (χ4v) is 5.24. The number of hydrogen-bond donors (Lipinski definition) is 1. The van der Waals surface area contributed by atoms with Gasteiger partial charge in [0.1, 0.15) is 11.4 Å². The van der Waals surface area contributed by atoms with Gasteiger partial charge in [0.25, 0.3) is 11.5 Å². The Bertz CT molecular complexity index is 1260. The molecule has 8 heteroatoms. The molecule has 2 aliphatic rings. The van der Waals surface area contributed by atoms with Crippen LogP contribution in [0.5, 0.6) is 0 Å². The summed E-state index contributed by atoms with van der Waals surface area (Å²) in [5.74, 6) is 0.844. The number of aryl methyl sites for hydroxylation is 1. The molecule has 0 unspecified atom stereocenters. The molecule has 1 saturated carbocycles. The summed E-state index contributed by atoms with van der Waals surface area (Å²) >= 11 is 0. The standard InChI is InChI=1S/C28H36N6O2/c1-19(2)16-34-18-22(23-15-30-32(3)17-23)13-26(28(34)36)31-24-8-5-20(6-9-24)21-7-10-25(29-14-21)27(35)33-11-4-12-33/h7,10,13-15,17-20,24,31H,4-6,8-9,11-12,16H2,1-3H3/t20-,24+. The molecule has 4 heterocycles. The van der Waals surface area contributed by atoms with Gasteiger partial charge in [-0.3, -0.25) is 19.3 Å². The summed E-state index contributed by atoms with van der Waals surface area (Å²) in [6.45, 7) is 6.61. The molecular weight excluding hydrogens is 452 g/mol. The SMILES string of the molecule is CC(C)Cn1cc(-c2cnn(C)c2)cc(N[C@H]2CC[C@@H](c3ccc(C(=O)N4CCC4)nc3)CC2)c1=O. The smallest absolute Gasteiger partial charge is 0.273 e. The zero-order chi connectivity index (χ0) is 25.2. The average molecular weight is 489 g/mol. The first-order valence-corrected chi connectivity index (χ1v) is 13.1. The van der Waals surface area contributed by atoms with Gasteiger partial charge in [-0.15, -0.1) is 0 Å². The second kappa shape index (κ2) is 10.3. The van der Waals surface area contributed by atoms with E-state index in [0.717, 1.165) is 56.3 Å². The number of nitrogens with zero attached hydrogens (tertiary/aromatic N) is 5. The number of carbonyl (C=O) groups is 1. The highest BCUT2D eigenvalue weighted by molar-refractivity contribution is 5.92. The van der Waals surface area contributed by atoms with Crippen LogP contribution in [-0.2, 0) is 13.6 Å². The van der Waals surface area contributed by atoms with Gasteiger partial charge in [0.2, 0.25) is 0 Å². The Balaban J connectivity index is 1.26. The number of rotatable bonds is 7. The van der Waals surface area contributed by atoms with E-state index in [4.69, 9.17) is 0 Å². The van der Waals surface area contributed by atoms with E-state index in [9.17, 15) is 9.59 Å². The Morgan fingerprint density at radius 2 is 1.86 bits per heavy atom. The molecule has 2 fully saturated rings. The molecular formula is C28H36N6O2. The van der Waals surface area contributed by atoms with Gasteiger partial charge >= 0.3 is 0 Å². The van der Waals surface area contributed by atoms with Gasteiger partial charge in [-0.25, -0.2) is 0 Å². The zero-order valence-corrected chi connectivity index (χ0v) is 21.5. The predicted molar refractivity (Wildman–Crippen MR) is 141 cm³/mol. The summed E-state index contributed by atoms with van der Waals surface area (Å²) in [7, 11) is 1.90. The van der Waals surface area contributed by atoms with Crippen molar-refractivity contribution in [2.45, 2.75) is 64.5 Å². The lowest BCUT2D eigenvalue weighted by atomic mass is 9.82. The highest BCUT2D eigenvalue weighted by atomic mass is 16.2. The highest BCUT2D eigenvalue weighted by Crippen LogP contribution is 2.34. The lowest BCUT2D eigenvalue weighted by Gasteiger charge is -2.31. The third-order valence-corrected chi connectivity index (χ3v) is 7.39. The second-order valence-corrected chi connectivity index (χ2v) is 10.7. The number of aromatic nitrogens is 4. The Morgan fingerprint density at radius 1 is 1.08 bits per heavy atom. The maximum atomic E-state index is 13.3. The van der Waals surface area contributed by atoms with E-state index >= 15 is 0 Å². The molecule has 190 valence electrons. The Morgan fingerprint density at radius 3 is 2.44 bits per heavy atom. The number of nitrogens with one attached hydrogen (secondary N) is 1. The van der Waals surface area contributed by atoms with Crippen LogP contribution in [-0.4, -0.2) is 49.3 Å². The molecule has 3 aromatic rings. The number of hydrogen-bond acceptors (Lipinski definition) is 5. The van der Waals surface area contributed by atoms with Gasteiger partial charge in [0.05, 0.1) is 6.20 Å². The Hall–Kier alpha value is -3.42. The highest BCUT2D eigenvalue weighted by Gasteiger charge is 2.26. The van der Waals surface area contributed by atoms with Crippen LogP contribution in [0.1, 0.15) is 67.9 Å². The monoisotopic (exact) mass is 488 g/mol. The fraction of sp³-hybridized carbons (Fsp3) is 0.500. The number of likely N-dealkylation sites (tertiary alicyclic amines) is 1. The maximum absolute atomic E-state index is 13.3. The van der Waals surface area contributed by atoms with Crippen LogP contribution in [0.15, 0.2) is 47.8 Å². The molecule has 8 nitrogen and oxygen atoms in total. The molecule has 0 radical (unpaired) electrons. The van der Waals surface area contributed by atoms with Crippen LogP contribution < -0.4 is 10.9 Å². The van der Waals surface area contributed by atoms with Crippen LogP contribution in [0.2, 0.25) is 0 Å². The third kappa shape index (κ3) is 5.22. The first kappa shape index (κ1) is 24.3. The minimum atomic E-state index is 0.0325. The van der Waals surface area contributed by atoms with Gasteiger partial charge in [-0.05, 0) is 61.6 Å². The minimum absolute atomic E-state index is 0.0325. The van der Waals surface area contributed by atoms with Crippen LogP contribution in [0, 0.1) is 5.92 Å². The molecule has 5 rings (SSSR count). The zero-order valence-electron chi connectivity index (χ0n) is 21.5. The average Bonchev–Trinajstić information content (AvgIpc) is 3.27. The van der Waals surface area contributed by atoms with Crippen LogP contribution >= 0.6 is 0 Å². The van der Waals surface area contributed by atoms with Gasteiger partial charge in [-0.1, -0.05) is 19.9 Å². The lowest BCUT2D eigenvalue weighted by Crippen LogP contribution is -2.42. The summed E-state index contributed by atoms with van der Waals surface area (Å²) in [6, 6.07) is 6.17. The molecule has 36 heavy (non-hydrogen) atoms. The van der Waals surface area contributed by atoms with Crippen molar-refractivity contribution >= 4 is 11.6 Å². The van der Waals surface area contributed by atoms with Crippen molar-refractivity contribution in [3.63, 3.8) is 0 Å². The molecule has 3 aromatic heterocycles. The predicted octanol–water partition coefficient (Wildman–Crippen LogP) is 4.28. The summed E-state index contributed by atoms with van der Waals surface area (Å²) in [5, 5.41) is 7.88. The van der Waals surface area contributed by atoms with Gasteiger partial charge < -0.3 is 14.8 Å². The number of carbonyl (C=O) groups excluding carboxylic acids is 1. The van der Waals surface area contributed by atoms with E-state index in [2.05, 4.69) is 35.3 Å². The van der Waals surface area contributed by atoms with E-state index < -0.39 is 0 Å². The number of pyridine rings is 2. The van der Waals surface area contributed by atoms with Gasteiger partial charge in [0, 0.05) is 62.4 Å². The molecule has 1 amide bonds. The Kier molecular flexibility index (Phi) is 6.94. The number of anilines is 1. The molecule has 1 aliphatic heterocycles. The molecule has 0 bridgehead atoms. The van der Waals surface area contributed by atoms with Gasteiger partial charge in [-0.2, -0.15) is 5.10 Å². The van der Waals surface area contributed by atoms with Crippen molar-refractivity contribution in [1.29, 1.82) is 0 Å². The van der Waals surface area contributed by atoms with E-state index in [1.54, 1.807) is 4.68 Å². The maximum Gasteiger partial charge on any atom is 0.273 e. The molecule has 0 aromatic carbocycles. The molecule has 1 aliphatic carbocycles. The molecule has 0 atom stereocenters. The van der Waals surface area contributed by atoms with E-state index in [0.29, 0.717) is 29.8 Å². The summed E-state index contributed by atoms with van der Waals surface area (Å²) < 4.78 is 3.61. The summed E-state index contributed by atoms with van der Waals surface area (Å²) in [6.07, 6.45) is 12.8. The first-order chi connectivity index (χ1) is 17.4. The third-order valence-electron chi connectivity index (χ3n) is 7.39. The lowest BCUT2D eigenvalue weighted by molar-refractivity contribution is 0.0645. The normalized spacial score (nSPS) is 19.8. The van der Waals surface area contributed by atoms with E-state index in [-0.39, 0.29) is 17.5 Å². The van der Waals surface area contributed by atoms with Crippen LogP contribution in [0.4, 0.5) is 5.69 Å². The van der Waals surface area contributed by atoms with Crippen molar-refractivity contribution < 1.29 is 4.79 Å². The van der Waals surface area contributed by atoms with Crippen molar-refractivity contribution in [2.75, 3.05) is 18.4 Å². The van der Waals surface area contributed by atoms with Crippen LogP contribution in [0.3, 0.4) is 0 Å². The second-order valence-electron chi connectivity index (χ2n) is 10.7. The van der Waals surface area contributed by atoms with E-state index in [1.165, 1.54) is 5.56 Å². The molecule has 1 N–H and O–H groups in total. The van der Waals surface area contributed by atoms with Crippen molar-refractivity contribution in [1.82, 2.24) is 24.2 Å². The Labute approximate surface area is 212 Å². The van der Waals surface area contributed by atoms with Crippen LogP contribution in [0.25, 0.3) is 11.1 Å². The number of amides is 1. The van der Waals surface area contributed by atoms with Crippen molar-refractivity contribution in [3.8, 4) is 11.1 Å². The van der Waals surface area contributed by atoms with Gasteiger partial charge in [0.15, 0.2) is 0 Å². The van der Waals surface area contributed by atoms with Crippen molar-refractivity contribution in [2.24, 2.45) is 13.0 Å². The summed E-state index contributed by atoms with van der Waals surface area (Å²) in [5.41, 5.74) is 4.44. The fourth-order valence-electron chi connectivity index (χ4n) is 5.24. The van der Waals surface area contributed by atoms with Crippen molar-refractivity contribution in [3.05, 3.63) is 64.6 Å². The topological polar surface area (TPSA) is 85.1 Å². The quantitative estimate of drug-likeness (QED) is 0.536. The van der Waals surface area contributed by atoms with E-state index in [1.807, 2.05) is 53.4 Å². The first-order valence-electron chi connectivity index (χ1n) is 13.1. The summed E-state index contributed by atoms with van der Waals surface area (Å²) in [4.78, 5) is 31.9. The minimum Gasteiger partial charge on any atom is -0.378 e. The molecule has 1 saturated heterocycles. The largest absolute Gasteiger partial charge is 0.378 e. The molecule has 0 spiro atoms.